The maximum absolute atomic E-state index is 11.4. The maximum Gasteiger partial charge on any atom is 0.331 e. The molecule has 0 unspecified atom stereocenters. The van der Waals surface area contributed by atoms with Crippen molar-refractivity contribution in [2.24, 2.45) is 0 Å². The van der Waals surface area contributed by atoms with Crippen molar-refractivity contribution in [2.45, 2.75) is 26.7 Å². The third-order valence-corrected chi connectivity index (χ3v) is 2.24. The van der Waals surface area contributed by atoms with Gasteiger partial charge in [-0.05, 0) is 24.5 Å². The maximum atomic E-state index is 11.4. The second-order valence-corrected chi connectivity index (χ2v) is 3.54. The van der Waals surface area contributed by atoms with Crippen LogP contribution in [0.4, 0.5) is 0 Å². The molecule has 2 heteroatoms. The van der Waals surface area contributed by atoms with Crippen molar-refractivity contribution in [3.8, 4) is 0 Å². The van der Waals surface area contributed by atoms with E-state index in [0.29, 0.717) is 6.61 Å². The van der Waals surface area contributed by atoms with Crippen molar-refractivity contribution in [3.63, 3.8) is 0 Å². The Kier molecular flexibility index (Phi) is 5.34. The van der Waals surface area contributed by atoms with Gasteiger partial charge < -0.3 is 4.74 Å². The monoisotopic (exact) mass is 218 g/mol. The minimum atomic E-state index is -0.255. The van der Waals surface area contributed by atoms with E-state index in [-0.39, 0.29) is 5.97 Å². The summed E-state index contributed by atoms with van der Waals surface area (Å²) in [5.74, 6) is -0.255. The van der Waals surface area contributed by atoms with Crippen LogP contribution in [0.5, 0.6) is 0 Å². The number of carbonyl (C=O) groups excluding carboxylic acids is 1. The highest BCUT2D eigenvalue weighted by molar-refractivity contribution is 5.91. The quantitative estimate of drug-likeness (QED) is 0.559. The van der Waals surface area contributed by atoms with Crippen LogP contribution in [0.25, 0.3) is 5.57 Å². The summed E-state index contributed by atoms with van der Waals surface area (Å²) in [5, 5.41) is 0. The minimum absolute atomic E-state index is 0.255. The molecule has 1 rings (SSSR count). The van der Waals surface area contributed by atoms with E-state index >= 15 is 0 Å². The highest BCUT2D eigenvalue weighted by atomic mass is 16.5. The van der Waals surface area contributed by atoms with E-state index in [1.165, 1.54) is 0 Å². The number of carbonyl (C=O) groups is 1. The lowest BCUT2D eigenvalue weighted by Gasteiger charge is -2.06. The number of rotatable bonds is 5. The summed E-state index contributed by atoms with van der Waals surface area (Å²) >= 11 is 0. The van der Waals surface area contributed by atoms with E-state index in [9.17, 15) is 4.79 Å². The van der Waals surface area contributed by atoms with Gasteiger partial charge in [0, 0.05) is 6.08 Å². The molecule has 2 nitrogen and oxygen atoms in total. The van der Waals surface area contributed by atoms with E-state index in [1.54, 1.807) is 6.08 Å². The van der Waals surface area contributed by atoms with Crippen LogP contribution in [0.3, 0.4) is 0 Å². The van der Waals surface area contributed by atoms with E-state index in [4.69, 9.17) is 4.74 Å². The standard InChI is InChI=1S/C14H18O2/c1-3-8-13(11-14(15)16-4-2)12-9-6-5-7-10-12/h5-7,9-11H,3-4,8H2,1-2H3. The average Bonchev–Trinajstić information content (AvgIpc) is 2.30. The molecule has 16 heavy (non-hydrogen) atoms. The number of allylic oxidation sites excluding steroid dienone is 1. The molecule has 0 amide bonds. The Labute approximate surface area is 96.9 Å². The van der Waals surface area contributed by atoms with Gasteiger partial charge in [-0.1, -0.05) is 43.7 Å². The molecule has 0 saturated carbocycles. The van der Waals surface area contributed by atoms with Crippen LogP contribution in [0.2, 0.25) is 0 Å². The predicted molar refractivity (Wildman–Crippen MR) is 66.0 cm³/mol. The van der Waals surface area contributed by atoms with Crippen molar-refractivity contribution in [1.82, 2.24) is 0 Å². The summed E-state index contributed by atoms with van der Waals surface area (Å²) in [5.41, 5.74) is 2.14. The fourth-order valence-corrected chi connectivity index (χ4v) is 1.55. The zero-order valence-electron chi connectivity index (χ0n) is 9.90. The van der Waals surface area contributed by atoms with Crippen LogP contribution in [-0.4, -0.2) is 12.6 Å². The number of hydrogen-bond donors (Lipinski definition) is 0. The Hall–Kier alpha value is -1.57. The molecule has 86 valence electrons. The van der Waals surface area contributed by atoms with Crippen LogP contribution in [0.15, 0.2) is 36.4 Å². The summed E-state index contributed by atoms with van der Waals surface area (Å²) in [6, 6.07) is 9.95. The molecular formula is C14H18O2. The SMILES string of the molecule is CCCC(=CC(=O)OCC)c1ccccc1. The summed E-state index contributed by atoms with van der Waals surface area (Å²) in [6.45, 7) is 4.33. The first kappa shape index (κ1) is 12.5. The lowest BCUT2D eigenvalue weighted by Crippen LogP contribution is -2.01. The Morgan fingerprint density at radius 1 is 1.25 bits per heavy atom. The van der Waals surface area contributed by atoms with Gasteiger partial charge in [-0.3, -0.25) is 0 Å². The van der Waals surface area contributed by atoms with Crippen LogP contribution >= 0.6 is 0 Å². The number of benzene rings is 1. The molecule has 0 aromatic heterocycles. The molecule has 0 bridgehead atoms. The van der Waals surface area contributed by atoms with Gasteiger partial charge >= 0.3 is 5.97 Å². The molecule has 0 radical (unpaired) electrons. The third-order valence-electron chi connectivity index (χ3n) is 2.24. The normalized spacial score (nSPS) is 11.2. The second kappa shape index (κ2) is 6.83. The summed E-state index contributed by atoms with van der Waals surface area (Å²) in [6.07, 6.45) is 3.51. The molecule has 0 aliphatic carbocycles. The summed E-state index contributed by atoms with van der Waals surface area (Å²) < 4.78 is 4.92. The topological polar surface area (TPSA) is 26.3 Å². The van der Waals surface area contributed by atoms with E-state index in [0.717, 1.165) is 24.0 Å². The Balaban J connectivity index is 2.86. The largest absolute Gasteiger partial charge is 0.463 e. The fourth-order valence-electron chi connectivity index (χ4n) is 1.55. The molecule has 0 aliphatic heterocycles. The molecule has 0 atom stereocenters. The first-order chi connectivity index (χ1) is 7.77. The van der Waals surface area contributed by atoms with Gasteiger partial charge in [-0.2, -0.15) is 0 Å². The number of esters is 1. The van der Waals surface area contributed by atoms with Gasteiger partial charge in [0.2, 0.25) is 0 Å². The predicted octanol–water partition coefficient (Wildman–Crippen LogP) is 3.43. The van der Waals surface area contributed by atoms with Gasteiger partial charge in [-0.15, -0.1) is 0 Å². The second-order valence-electron chi connectivity index (χ2n) is 3.54. The molecular weight excluding hydrogens is 200 g/mol. The Morgan fingerprint density at radius 3 is 2.50 bits per heavy atom. The van der Waals surface area contributed by atoms with Crippen molar-refractivity contribution >= 4 is 11.5 Å². The first-order valence-corrected chi connectivity index (χ1v) is 5.70. The molecule has 0 spiro atoms. The first-order valence-electron chi connectivity index (χ1n) is 5.70. The molecule has 0 N–H and O–H groups in total. The lowest BCUT2D eigenvalue weighted by atomic mass is 10.0. The fraction of sp³-hybridized carbons (Fsp3) is 0.357. The van der Waals surface area contributed by atoms with E-state index in [2.05, 4.69) is 6.92 Å². The minimum Gasteiger partial charge on any atom is -0.463 e. The molecule has 0 aliphatic rings. The Morgan fingerprint density at radius 2 is 1.94 bits per heavy atom. The molecule has 1 aromatic carbocycles. The van der Waals surface area contributed by atoms with Gasteiger partial charge in [0.25, 0.3) is 0 Å². The molecule has 0 saturated heterocycles. The van der Waals surface area contributed by atoms with Crippen LogP contribution in [0.1, 0.15) is 32.3 Å². The van der Waals surface area contributed by atoms with Gasteiger partial charge in [-0.25, -0.2) is 4.79 Å². The summed E-state index contributed by atoms with van der Waals surface area (Å²) in [4.78, 5) is 11.4. The van der Waals surface area contributed by atoms with E-state index < -0.39 is 0 Å². The smallest absolute Gasteiger partial charge is 0.331 e. The molecule has 0 heterocycles. The van der Waals surface area contributed by atoms with Crippen LogP contribution < -0.4 is 0 Å². The van der Waals surface area contributed by atoms with Gasteiger partial charge in [0.15, 0.2) is 0 Å². The van der Waals surface area contributed by atoms with Crippen molar-refractivity contribution in [1.29, 1.82) is 0 Å². The Bertz CT molecular complexity index is 352. The molecule has 1 aromatic rings. The van der Waals surface area contributed by atoms with Crippen molar-refractivity contribution in [2.75, 3.05) is 6.61 Å². The average molecular weight is 218 g/mol. The highest BCUT2D eigenvalue weighted by Gasteiger charge is 2.04. The van der Waals surface area contributed by atoms with Crippen LogP contribution in [-0.2, 0) is 9.53 Å². The van der Waals surface area contributed by atoms with E-state index in [1.807, 2.05) is 37.3 Å². The third kappa shape index (κ3) is 3.89. The van der Waals surface area contributed by atoms with Gasteiger partial charge in [0.1, 0.15) is 0 Å². The zero-order valence-corrected chi connectivity index (χ0v) is 9.90. The zero-order chi connectivity index (χ0) is 11.8. The van der Waals surface area contributed by atoms with Gasteiger partial charge in [0.05, 0.1) is 6.61 Å². The van der Waals surface area contributed by atoms with Crippen molar-refractivity contribution < 1.29 is 9.53 Å². The highest BCUT2D eigenvalue weighted by Crippen LogP contribution is 2.19. The molecule has 0 fully saturated rings. The summed E-state index contributed by atoms with van der Waals surface area (Å²) in [7, 11) is 0. The van der Waals surface area contributed by atoms with Crippen molar-refractivity contribution in [3.05, 3.63) is 42.0 Å². The number of ether oxygens (including phenoxy) is 1. The lowest BCUT2D eigenvalue weighted by molar-refractivity contribution is -0.137. The number of hydrogen-bond acceptors (Lipinski definition) is 2. The van der Waals surface area contributed by atoms with Crippen LogP contribution in [0, 0.1) is 0 Å².